The fourth-order valence-electron chi connectivity index (χ4n) is 1.71. The Morgan fingerprint density at radius 2 is 2.44 bits per heavy atom. The summed E-state index contributed by atoms with van der Waals surface area (Å²) in [5.41, 5.74) is 1.01. The third kappa shape index (κ3) is 3.23. The second-order valence-electron chi connectivity index (χ2n) is 4.40. The topological polar surface area (TPSA) is 37.3 Å². The molecule has 0 aromatic carbocycles. The van der Waals surface area contributed by atoms with Crippen LogP contribution in [-0.4, -0.2) is 21.9 Å². The SMILES string of the molecule is CC(C)CC1CSC(Nc2cccnc2)=N1. The van der Waals surface area contributed by atoms with Gasteiger partial charge >= 0.3 is 0 Å². The van der Waals surface area contributed by atoms with Gasteiger partial charge in [-0.3, -0.25) is 9.98 Å². The van der Waals surface area contributed by atoms with Crippen molar-refractivity contribution in [1.82, 2.24) is 4.98 Å². The fourth-order valence-corrected chi connectivity index (χ4v) is 2.68. The summed E-state index contributed by atoms with van der Waals surface area (Å²) in [7, 11) is 0. The van der Waals surface area contributed by atoms with Crippen LogP contribution in [0.4, 0.5) is 5.69 Å². The van der Waals surface area contributed by atoms with Gasteiger partial charge in [-0.1, -0.05) is 25.6 Å². The van der Waals surface area contributed by atoms with Crippen molar-refractivity contribution in [3.63, 3.8) is 0 Å². The van der Waals surface area contributed by atoms with Crippen LogP contribution in [-0.2, 0) is 0 Å². The van der Waals surface area contributed by atoms with E-state index in [0.717, 1.165) is 16.6 Å². The number of thioether (sulfide) groups is 1. The summed E-state index contributed by atoms with van der Waals surface area (Å²) in [6.07, 6.45) is 4.76. The molecule has 16 heavy (non-hydrogen) atoms. The molecule has 1 N–H and O–H groups in total. The monoisotopic (exact) mass is 235 g/mol. The quantitative estimate of drug-likeness (QED) is 0.875. The molecule has 4 heteroatoms. The maximum atomic E-state index is 4.66. The lowest BCUT2D eigenvalue weighted by atomic mass is 10.1. The Kier molecular flexibility index (Phi) is 3.83. The Labute approximate surface area is 101 Å². The number of nitrogens with one attached hydrogen (secondary N) is 1. The first-order valence-corrected chi connectivity index (χ1v) is 6.60. The molecule has 1 aromatic heterocycles. The van der Waals surface area contributed by atoms with Gasteiger partial charge in [-0.2, -0.15) is 0 Å². The number of hydrogen-bond donors (Lipinski definition) is 1. The van der Waals surface area contributed by atoms with Crippen molar-refractivity contribution in [2.24, 2.45) is 10.9 Å². The molecule has 1 aliphatic heterocycles. The summed E-state index contributed by atoms with van der Waals surface area (Å²) in [5.74, 6) is 1.81. The van der Waals surface area contributed by atoms with E-state index in [1.807, 2.05) is 18.3 Å². The first kappa shape index (κ1) is 11.5. The number of anilines is 1. The zero-order chi connectivity index (χ0) is 11.4. The van der Waals surface area contributed by atoms with E-state index in [1.165, 1.54) is 6.42 Å². The van der Waals surface area contributed by atoms with Gasteiger partial charge in [0.15, 0.2) is 5.17 Å². The smallest absolute Gasteiger partial charge is 0.161 e. The standard InChI is InChI=1S/C12H17N3S/c1-9(2)6-11-8-16-12(15-11)14-10-4-3-5-13-7-10/h3-5,7,9,11H,6,8H2,1-2H3,(H,14,15). The van der Waals surface area contributed by atoms with Crippen molar-refractivity contribution >= 4 is 22.6 Å². The molecule has 0 bridgehead atoms. The number of aliphatic imine (C=N–C) groups is 1. The third-order valence-corrected chi connectivity index (χ3v) is 3.40. The first-order valence-electron chi connectivity index (χ1n) is 5.61. The summed E-state index contributed by atoms with van der Waals surface area (Å²) in [6.45, 7) is 4.49. The highest BCUT2D eigenvalue weighted by Crippen LogP contribution is 2.23. The van der Waals surface area contributed by atoms with Crippen LogP contribution in [0.25, 0.3) is 0 Å². The molecule has 3 nitrogen and oxygen atoms in total. The summed E-state index contributed by atoms with van der Waals surface area (Å²) in [6, 6.07) is 4.41. The highest BCUT2D eigenvalue weighted by molar-refractivity contribution is 8.14. The van der Waals surface area contributed by atoms with Gasteiger partial charge in [-0.05, 0) is 24.5 Å². The molecular formula is C12H17N3S. The molecule has 0 spiro atoms. The minimum Gasteiger partial charge on any atom is -0.334 e. The largest absolute Gasteiger partial charge is 0.334 e. The van der Waals surface area contributed by atoms with Crippen LogP contribution in [0.5, 0.6) is 0 Å². The van der Waals surface area contributed by atoms with Crippen LogP contribution in [0.2, 0.25) is 0 Å². The third-order valence-electron chi connectivity index (χ3n) is 2.37. The Morgan fingerprint density at radius 3 is 3.12 bits per heavy atom. The zero-order valence-corrected chi connectivity index (χ0v) is 10.5. The van der Waals surface area contributed by atoms with Crippen LogP contribution >= 0.6 is 11.8 Å². The van der Waals surface area contributed by atoms with E-state index >= 15 is 0 Å². The lowest BCUT2D eigenvalue weighted by molar-refractivity contribution is 0.529. The van der Waals surface area contributed by atoms with Crippen molar-refractivity contribution < 1.29 is 0 Å². The van der Waals surface area contributed by atoms with Crippen molar-refractivity contribution in [2.45, 2.75) is 26.3 Å². The minimum absolute atomic E-state index is 0.476. The Hall–Kier alpha value is -1.03. The number of pyridine rings is 1. The van der Waals surface area contributed by atoms with Gasteiger partial charge in [0.2, 0.25) is 0 Å². The molecule has 1 unspecified atom stereocenters. The van der Waals surface area contributed by atoms with Gasteiger partial charge < -0.3 is 5.32 Å². The second-order valence-corrected chi connectivity index (χ2v) is 5.40. The summed E-state index contributed by atoms with van der Waals surface area (Å²) >= 11 is 1.80. The van der Waals surface area contributed by atoms with Crippen LogP contribution in [0.1, 0.15) is 20.3 Å². The van der Waals surface area contributed by atoms with E-state index < -0.39 is 0 Å². The van der Waals surface area contributed by atoms with Crippen molar-refractivity contribution in [2.75, 3.05) is 11.1 Å². The molecule has 1 aromatic rings. The predicted molar refractivity (Wildman–Crippen MR) is 71.0 cm³/mol. The molecule has 1 atom stereocenters. The number of amidine groups is 1. The van der Waals surface area contributed by atoms with Gasteiger partial charge in [-0.15, -0.1) is 0 Å². The van der Waals surface area contributed by atoms with Crippen molar-refractivity contribution in [1.29, 1.82) is 0 Å². The van der Waals surface area contributed by atoms with Crippen molar-refractivity contribution in [3.05, 3.63) is 24.5 Å². The average molecular weight is 235 g/mol. The Bertz CT molecular complexity index is 362. The number of hydrogen-bond acceptors (Lipinski definition) is 4. The molecule has 0 saturated carbocycles. The highest BCUT2D eigenvalue weighted by Gasteiger charge is 2.19. The molecule has 2 rings (SSSR count). The van der Waals surface area contributed by atoms with E-state index in [1.54, 1.807) is 18.0 Å². The number of aromatic nitrogens is 1. The van der Waals surface area contributed by atoms with Crippen molar-refractivity contribution in [3.8, 4) is 0 Å². The Balaban J connectivity index is 1.92. The zero-order valence-electron chi connectivity index (χ0n) is 9.68. The fraction of sp³-hybridized carbons (Fsp3) is 0.500. The second kappa shape index (κ2) is 5.34. The summed E-state index contributed by atoms with van der Waals surface area (Å²) < 4.78 is 0. The minimum atomic E-state index is 0.476. The normalized spacial score (nSPS) is 19.9. The lowest BCUT2D eigenvalue weighted by Gasteiger charge is -2.07. The van der Waals surface area contributed by atoms with E-state index in [4.69, 9.17) is 0 Å². The van der Waals surface area contributed by atoms with Crippen LogP contribution in [0.15, 0.2) is 29.5 Å². The summed E-state index contributed by atoms with van der Waals surface area (Å²) in [4.78, 5) is 8.73. The molecule has 0 aliphatic carbocycles. The highest BCUT2D eigenvalue weighted by atomic mass is 32.2. The molecule has 0 fully saturated rings. The summed E-state index contributed by atoms with van der Waals surface area (Å²) in [5, 5.41) is 4.32. The molecule has 0 amide bonds. The van der Waals surface area contributed by atoms with E-state index in [9.17, 15) is 0 Å². The molecule has 1 aliphatic rings. The first-order chi connectivity index (χ1) is 7.74. The molecule has 86 valence electrons. The molecular weight excluding hydrogens is 218 g/mol. The molecule has 0 radical (unpaired) electrons. The van der Waals surface area contributed by atoms with E-state index in [2.05, 4.69) is 29.1 Å². The lowest BCUT2D eigenvalue weighted by Crippen LogP contribution is -2.08. The van der Waals surface area contributed by atoms with Gasteiger partial charge in [0, 0.05) is 11.9 Å². The van der Waals surface area contributed by atoms with E-state index in [0.29, 0.717) is 12.0 Å². The van der Waals surface area contributed by atoms with Crippen LogP contribution < -0.4 is 5.32 Å². The van der Waals surface area contributed by atoms with E-state index in [-0.39, 0.29) is 0 Å². The predicted octanol–water partition coefficient (Wildman–Crippen LogP) is 3.01. The van der Waals surface area contributed by atoms with Gasteiger partial charge in [0.25, 0.3) is 0 Å². The number of rotatable bonds is 3. The van der Waals surface area contributed by atoms with Crippen LogP contribution in [0.3, 0.4) is 0 Å². The molecule has 2 heterocycles. The number of nitrogens with zero attached hydrogens (tertiary/aromatic N) is 2. The van der Waals surface area contributed by atoms with Gasteiger partial charge in [-0.25, -0.2) is 0 Å². The maximum absolute atomic E-state index is 4.66. The maximum Gasteiger partial charge on any atom is 0.161 e. The van der Waals surface area contributed by atoms with Crippen LogP contribution in [0, 0.1) is 5.92 Å². The average Bonchev–Trinajstić information content (AvgIpc) is 2.66. The van der Waals surface area contributed by atoms with Gasteiger partial charge in [0.1, 0.15) is 0 Å². The molecule has 0 saturated heterocycles. The Morgan fingerprint density at radius 1 is 1.56 bits per heavy atom. The van der Waals surface area contributed by atoms with Gasteiger partial charge in [0.05, 0.1) is 17.9 Å².